The molecule has 0 aliphatic heterocycles. The second-order valence-electron chi connectivity index (χ2n) is 3.08. The first kappa shape index (κ1) is 7.11. The van der Waals surface area contributed by atoms with Crippen LogP contribution in [0.3, 0.4) is 0 Å². The van der Waals surface area contributed by atoms with Crippen molar-refractivity contribution in [3.8, 4) is 0 Å². The van der Waals surface area contributed by atoms with Crippen LogP contribution in [0, 0.1) is 0 Å². The van der Waals surface area contributed by atoms with Gasteiger partial charge < -0.3 is 0 Å². The third-order valence-electron chi connectivity index (χ3n) is 2.32. The number of fused-ring (bicyclic) bond motifs is 3. The van der Waals surface area contributed by atoms with Gasteiger partial charge in [0, 0.05) is 11.0 Å². The summed E-state index contributed by atoms with van der Waals surface area (Å²) in [6.07, 6.45) is 0. The molecule has 1 unspecified atom stereocenters. The number of nitrogens with zero attached hydrogens (tertiary/aromatic N) is 1. The lowest BCUT2D eigenvalue weighted by atomic mass is 10.1. The average Bonchev–Trinajstić information content (AvgIpc) is 2.65. The van der Waals surface area contributed by atoms with Crippen molar-refractivity contribution < 1.29 is 0 Å². The Morgan fingerprint density at radius 2 is 1.92 bits per heavy atom. The standard InChI is InChI=1S/C11H8NP/c1-2-4-9-8(3-1)5-6-10-11(9)13-7-12-10/h1-7,13H. The van der Waals surface area contributed by atoms with Crippen LogP contribution in [-0.2, 0) is 0 Å². The molecule has 1 atom stereocenters. The molecule has 2 heteroatoms. The van der Waals surface area contributed by atoms with Crippen LogP contribution < -0.4 is 0 Å². The van der Waals surface area contributed by atoms with Crippen LogP contribution in [0.1, 0.15) is 0 Å². The van der Waals surface area contributed by atoms with Gasteiger partial charge in [0.1, 0.15) is 0 Å². The summed E-state index contributed by atoms with van der Waals surface area (Å²) in [4.78, 5) is 4.34. The van der Waals surface area contributed by atoms with Gasteiger partial charge in [-0.05, 0) is 16.8 Å². The molecule has 0 aliphatic carbocycles. The van der Waals surface area contributed by atoms with E-state index >= 15 is 0 Å². The van der Waals surface area contributed by atoms with Crippen molar-refractivity contribution in [1.29, 1.82) is 0 Å². The maximum Gasteiger partial charge on any atom is 0.0749 e. The number of hydrogen-bond acceptors (Lipinski definition) is 1. The maximum atomic E-state index is 4.34. The Bertz CT molecular complexity index is 568. The van der Waals surface area contributed by atoms with Crippen molar-refractivity contribution in [1.82, 2.24) is 4.98 Å². The Morgan fingerprint density at radius 1 is 1.00 bits per heavy atom. The summed E-state index contributed by atoms with van der Waals surface area (Å²) in [7, 11) is 0.742. The molecule has 1 aromatic heterocycles. The summed E-state index contributed by atoms with van der Waals surface area (Å²) < 4.78 is 0. The fraction of sp³-hybridized carbons (Fsp3) is 0. The summed E-state index contributed by atoms with van der Waals surface area (Å²) in [6.45, 7) is 0. The van der Waals surface area contributed by atoms with Crippen LogP contribution in [-0.4, -0.2) is 4.98 Å². The van der Waals surface area contributed by atoms with Gasteiger partial charge in [-0.25, -0.2) is 0 Å². The van der Waals surface area contributed by atoms with Crippen LogP contribution in [0.4, 0.5) is 0 Å². The smallest absolute Gasteiger partial charge is 0.0749 e. The van der Waals surface area contributed by atoms with Gasteiger partial charge in [0.05, 0.1) is 5.52 Å². The summed E-state index contributed by atoms with van der Waals surface area (Å²) >= 11 is 0. The summed E-state index contributed by atoms with van der Waals surface area (Å²) in [6, 6.07) is 12.7. The Labute approximate surface area is 77.5 Å². The van der Waals surface area contributed by atoms with Gasteiger partial charge in [0.2, 0.25) is 0 Å². The van der Waals surface area contributed by atoms with E-state index in [0.717, 1.165) is 13.7 Å². The van der Waals surface area contributed by atoms with Crippen LogP contribution in [0.5, 0.6) is 0 Å². The molecule has 0 bridgehead atoms. The Balaban J connectivity index is 2.65. The van der Waals surface area contributed by atoms with Gasteiger partial charge in [0.15, 0.2) is 0 Å². The molecule has 1 nitrogen and oxygen atoms in total. The van der Waals surface area contributed by atoms with E-state index in [9.17, 15) is 0 Å². The minimum Gasteiger partial charge on any atom is -0.252 e. The summed E-state index contributed by atoms with van der Waals surface area (Å²) in [5.41, 5.74) is 1.15. The molecule has 0 radical (unpaired) electrons. The molecular weight excluding hydrogens is 177 g/mol. The van der Waals surface area contributed by atoms with Crippen LogP contribution in [0.15, 0.2) is 42.3 Å². The van der Waals surface area contributed by atoms with Gasteiger partial charge >= 0.3 is 0 Å². The first-order chi connectivity index (χ1) is 6.45. The van der Waals surface area contributed by atoms with Crippen molar-refractivity contribution >= 4 is 29.6 Å². The first-order valence-electron chi connectivity index (χ1n) is 4.26. The fourth-order valence-electron chi connectivity index (χ4n) is 1.69. The molecule has 13 heavy (non-hydrogen) atoms. The van der Waals surface area contributed by atoms with Crippen molar-refractivity contribution in [3.05, 3.63) is 42.3 Å². The van der Waals surface area contributed by atoms with Crippen molar-refractivity contribution in [2.75, 3.05) is 0 Å². The quantitative estimate of drug-likeness (QED) is 0.523. The van der Waals surface area contributed by atoms with E-state index in [1.54, 1.807) is 0 Å². The zero-order valence-electron chi connectivity index (χ0n) is 6.99. The van der Waals surface area contributed by atoms with Crippen molar-refractivity contribution in [2.24, 2.45) is 0 Å². The molecule has 3 aromatic rings. The second-order valence-corrected chi connectivity index (χ2v) is 4.13. The third kappa shape index (κ3) is 0.976. The largest absolute Gasteiger partial charge is 0.252 e. The lowest BCUT2D eigenvalue weighted by Gasteiger charge is -1.97. The van der Waals surface area contributed by atoms with Gasteiger partial charge in [-0.1, -0.05) is 30.3 Å². The highest BCUT2D eigenvalue weighted by molar-refractivity contribution is 7.36. The molecular formula is C11H8NP. The van der Waals surface area contributed by atoms with E-state index in [2.05, 4.69) is 41.4 Å². The maximum absolute atomic E-state index is 4.34. The number of benzene rings is 2. The number of hydrogen-bond donors (Lipinski definition) is 0. The van der Waals surface area contributed by atoms with Gasteiger partial charge in [-0.3, -0.25) is 4.98 Å². The predicted octanol–water partition coefficient (Wildman–Crippen LogP) is 3.42. The Morgan fingerprint density at radius 3 is 2.92 bits per heavy atom. The normalized spacial score (nSPS) is 11.7. The van der Waals surface area contributed by atoms with Crippen molar-refractivity contribution in [3.63, 3.8) is 0 Å². The molecule has 0 saturated heterocycles. The Kier molecular flexibility index (Phi) is 1.41. The van der Waals surface area contributed by atoms with E-state index in [1.165, 1.54) is 15.9 Å². The number of rotatable bonds is 0. The lowest BCUT2D eigenvalue weighted by molar-refractivity contribution is 1.51. The fourth-order valence-corrected chi connectivity index (χ4v) is 2.70. The zero-order valence-corrected chi connectivity index (χ0v) is 7.99. The highest BCUT2D eigenvalue weighted by Gasteiger charge is 1.99. The SMILES string of the molecule is c1ccc2c(c1)ccc1nc[pH]c12. The predicted molar refractivity (Wildman–Crippen MR) is 58.8 cm³/mol. The van der Waals surface area contributed by atoms with Gasteiger partial charge in [-0.15, -0.1) is 8.19 Å². The molecule has 3 rings (SSSR count). The van der Waals surface area contributed by atoms with Crippen LogP contribution in [0.25, 0.3) is 21.4 Å². The molecule has 2 aromatic carbocycles. The lowest BCUT2D eigenvalue weighted by Crippen LogP contribution is -1.71. The third-order valence-corrected chi connectivity index (χ3v) is 3.39. The minimum atomic E-state index is 0.742. The van der Waals surface area contributed by atoms with Gasteiger partial charge in [-0.2, -0.15) is 0 Å². The number of aromatic nitrogens is 1. The molecule has 0 N–H and O–H groups in total. The second kappa shape index (κ2) is 2.58. The summed E-state index contributed by atoms with van der Waals surface area (Å²) in [5, 5.41) is 4.08. The molecule has 0 amide bonds. The van der Waals surface area contributed by atoms with E-state index < -0.39 is 0 Å². The minimum absolute atomic E-state index is 0.742. The molecule has 0 saturated carbocycles. The molecule has 0 aliphatic rings. The van der Waals surface area contributed by atoms with E-state index in [4.69, 9.17) is 0 Å². The Hall–Kier alpha value is -1.33. The summed E-state index contributed by atoms with van der Waals surface area (Å²) in [5.74, 6) is 2.01. The monoisotopic (exact) mass is 185 g/mol. The zero-order chi connectivity index (χ0) is 8.67. The molecule has 0 spiro atoms. The highest BCUT2D eigenvalue weighted by atomic mass is 31.0. The van der Waals surface area contributed by atoms with Crippen molar-refractivity contribution in [2.45, 2.75) is 0 Å². The van der Waals surface area contributed by atoms with E-state index in [1.807, 2.05) is 5.93 Å². The van der Waals surface area contributed by atoms with Crippen LogP contribution in [0.2, 0.25) is 0 Å². The van der Waals surface area contributed by atoms with Gasteiger partial charge in [0.25, 0.3) is 0 Å². The first-order valence-corrected chi connectivity index (χ1v) is 5.34. The topological polar surface area (TPSA) is 12.9 Å². The molecule has 0 fully saturated rings. The van der Waals surface area contributed by atoms with E-state index in [-0.39, 0.29) is 0 Å². The highest BCUT2D eigenvalue weighted by Crippen LogP contribution is 2.30. The molecule has 1 heterocycles. The molecule has 62 valence electrons. The van der Waals surface area contributed by atoms with Crippen LogP contribution >= 0.6 is 8.19 Å². The van der Waals surface area contributed by atoms with E-state index in [0.29, 0.717) is 0 Å². The average molecular weight is 185 g/mol.